The summed E-state index contributed by atoms with van der Waals surface area (Å²) in [5.74, 6) is 0.808. The number of phenols is 1. The van der Waals surface area contributed by atoms with Gasteiger partial charge >= 0.3 is 0 Å². The lowest BCUT2D eigenvalue weighted by Crippen LogP contribution is -2.41. The third kappa shape index (κ3) is 2.18. The lowest BCUT2D eigenvalue weighted by molar-refractivity contribution is -0.0412. The van der Waals surface area contributed by atoms with Crippen LogP contribution in [0, 0.1) is 0 Å². The normalized spacial score (nSPS) is 27.4. The lowest BCUT2D eigenvalue weighted by atomic mass is 10.1. The molecule has 2 heterocycles. The van der Waals surface area contributed by atoms with Gasteiger partial charge < -0.3 is 14.6 Å². The second kappa shape index (κ2) is 4.78. The Balaban J connectivity index is 1.73. The zero-order chi connectivity index (χ0) is 12.5. The maximum atomic E-state index is 10.1. The van der Waals surface area contributed by atoms with Gasteiger partial charge in [-0.3, -0.25) is 4.90 Å². The first-order valence-electron chi connectivity index (χ1n) is 6.49. The van der Waals surface area contributed by atoms with Gasteiger partial charge in [0.15, 0.2) is 11.5 Å². The third-order valence-corrected chi connectivity index (χ3v) is 3.82. The van der Waals surface area contributed by atoms with Crippen LogP contribution in [-0.4, -0.2) is 42.4 Å². The van der Waals surface area contributed by atoms with Crippen molar-refractivity contribution in [3.8, 4) is 11.5 Å². The molecule has 2 aliphatic heterocycles. The number of phenolic OH excluding ortho intramolecular Hbond substituents is 1. The maximum Gasteiger partial charge on any atom is 0.162 e. The van der Waals surface area contributed by atoms with Gasteiger partial charge in [-0.25, -0.2) is 0 Å². The Morgan fingerprint density at radius 3 is 2.72 bits per heavy atom. The number of hydrogen-bond acceptors (Lipinski definition) is 4. The second-order valence-electron chi connectivity index (χ2n) is 5.12. The van der Waals surface area contributed by atoms with E-state index >= 15 is 0 Å². The molecule has 2 saturated heterocycles. The molecule has 2 aliphatic rings. The molecule has 2 unspecified atom stereocenters. The Bertz CT molecular complexity index is 423. The fraction of sp³-hybridized carbons (Fsp3) is 0.571. The molecule has 4 nitrogen and oxygen atoms in total. The van der Waals surface area contributed by atoms with Crippen molar-refractivity contribution in [2.24, 2.45) is 0 Å². The van der Waals surface area contributed by atoms with Gasteiger partial charge in [0.2, 0.25) is 0 Å². The molecule has 98 valence electrons. The summed E-state index contributed by atoms with van der Waals surface area (Å²) in [6, 6.07) is 5.65. The first-order chi connectivity index (χ1) is 8.76. The molecule has 0 saturated carbocycles. The summed E-state index contributed by atoms with van der Waals surface area (Å²) in [6.45, 7) is 2.69. The van der Waals surface area contributed by atoms with Gasteiger partial charge in [-0.15, -0.1) is 0 Å². The first kappa shape index (κ1) is 11.8. The Labute approximate surface area is 107 Å². The van der Waals surface area contributed by atoms with Crippen LogP contribution in [0.25, 0.3) is 0 Å². The zero-order valence-electron chi connectivity index (χ0n) is 10.6. The van der Waals surface area contributed by atoms with Crippen molar-refractivity contribution in [2.45, 2.75) is 31.6 Å². The van der Waals surface area contributed by atoms with Crippen molar-refractivity contribution in [2.75, 3.05) is 20.2 Å². The minimum atomic E-state index is 0.263. The fourth-order valence-electron chi connectivity index (χ4n) is 2.93. The summed E-state index contributed by atoms with van der Waals surface area (Å²) in [5, 5.41) is 10.1. The van der Waals surface area contributed by atoms with E-state index in [0.29, 0.717) is 18.0 Å². The van der Waals surface area contributed by atoms with Gasteiger partial charge in [0.1, 0.15) is 0 Å². The lowest BCUT2D eigenvalue weighted by Gasteiger charge is -2.32. The van der Waals surface area contributed by atoms with Crippen LogP contribution >= 0.6 is 0 Å². The Kier molecular flexibility index (Phi) is 3.14. The minimum Gasteiger partial charge on any atom is -0.504 e. The van der Waals surface area contributed by atoms with Crippen molar-refractivity contribution < 1.29 is 14.6 Å². The number of aromatic hydroxyl groups is 1. The van der Waals surface area contributed by atoms with E-state index in [4.69, 9.17) is 9.47 Å². The van der Waals surface area contributed by atoms with Crippen molar-refractivity contribution >= 4 is 0 Å². The number of likely N-dealkylation sites (tertiary alicyclic amines) is 1. The largest absolute Gasteiger partial charge is 0.504 e. The smallest absolute Gasteiger partial charge is 0.162 e. The van der Waals surface area contributed by atoms with Crippen molar-refractivity contribution in [3.63, 3.8) is 0 Å². The van der Waals surface area contributed by atoms with E-state index in [9.17, 15) is 5.11 Å². The number of rotatable bonds is 3. The van der Waals surface area contributed by atoms with E-state index in [-0.39, 0.29) is 5.75 Å². The number of fused-ring (bicyclic) bond motifs is 2. The molecule has 1 N–H and O–H groups in total. The molecule has 2 bridgehead atoms. The fourth-order valence-corrected chi connectivity index (χ4v) is 2.93. The van der Waals surface area contributed by atoms with Crippen LogP contribution in [0.4, 0.5) is 0 Å². The van der Waals surface area contributed by atoms with E-state index in [1.807, 2.05) is 12.1 Å². The molecular formula is C14H19NO3. The van der Waals surface area contributed by atoms with E-state index < -0.39 is 0 Å². The predicted molar refractivity (Wildman–Crippen MR) is 67.8 cm³/mol. The number of hydrogen-bond donors (Lipinski definition) is 1. The monoisotopic (exact) mass is 249 g/mol. The van der Waals surface area contributed by atoms with Crippen molar-refractivity contribution in [1.82, 2.24) is 4.90 Å². The Hall–Kier alpha value is -1.26. The number of nitrogens with zero attached hydrogens (tertiary/aromatic N) is 1. The summed E-state index contributed by atoms with van der Waals surface area (Å²) in [4.78, 5) is 2.36. The molecule has 0 aromatic heterocycles. The highest BCUT2D eigenvalue weighted by atomic mass is 16.5. The van der Waals surface area contributed by atoms with Gasteiger partial charge in [0.25, 0.3) is 0 Å². The highest BCUT2D eigenvalue weighted by molar-refractivity contribution is 5.45. The van der Waals surface area contributed by atoms with Crippen LogP contribution in [0.1, 0.15) is 18.4 Å². The molecule has 0 aliphatic carbocycles. The van der Waals surface area contributed by atoms with E-state index in [1.54, 1.807) is 13.2 Å². The van der Waals surface area contributed by atoms with Gasteiger partial charge in [-0.2, -0.15) is 0 Å². The number of benzene rings is 1. The molecular weight excluding hydrogens is 230 g/mol. The summed E-state index contributed by atoms with van der Waals surface area (Å²) in [5.41, 5.74) is 0.927. The molecule has 2 fully saturated rings. The Morgan fingerprint density at radius 2 is 2.06 bits per heavy atom. The quantitative estimate of drug-likeness (QED) is 0.886. The SMILES string of the molecule is COc1cccc(CN2CC3CCC(C2)O3)c1O. The average Bonchev–Trinajstić information content (AvgIpc) is 2.71. The summed E-state index contributed by atoms with van der Waals surface area (Å²) < 4.78 is 10.9. The highest BCUT2D eigenvalue weighted by Crippen LogP contribution is 2.32. The molecule has 3 rings (SSSR count). The summed E-state index contributed by atoms with van der Waals surface area (Å²) in [7, 11) is 1.58. The van der Waals surface area contributed by atoms with Crippen LogP contribution in [0.2, 0.25) is 0 Å². The molecule has 1 aromatic rings. The summed E-state index contributed by atoms with van der Waals surface area (Å²) in [6.07, 6.45) is 3.12. The molecule has 0 radical (unpaired) electrons. The summed E-state index contributed by atoms with van der Waals surface area (Å²) >= 11 is 0. The number of methoxy groups -OCH3 is 1. The zero-order valence-corrected chi connectivity index (χ0v) is 10.6. The van der Waals surface area contributed by atoms with Crippen LogP contribution in [0.15, 0.2) is 18.2 Å². The van der Waals surface area contributed by atoms with Gasteiger partial charge in [-0.05, 0) is 18.9 Å². The highest BCUT2D eigenvalue weighted by Gasteiger charge is 2.33. The van der Waals surface area contributed by atoms with E-state index in [2.05, 4.69) is 4.90 Å². The Morgan fingerprint density at radius 1 is 1.33 bits per heavy atom. The standard InChI is InChI=1S/C14H19NO3/c1-17-13-4-2-3-10(14(13)16)7-15-8-11-5-6-12(9-15)18-11/h2-4,11-12,16H,5-9H2,1H3. The van der Waals surface area contributed by atoms with Crippen LogP contribution in [-0.2, 0) is 11.3 Å². The average molecular weight is 249 g/mol. The van der Waals surface area contributed by atoms with Crippen LogP contribution in [0.3, 0.4) is 0 Å². The third-order valence-electron chi connectivity index (χ3n) is 3.82. The molecule has 18 heavy (non-hydrogen) atoms. The molecule has 2 atom stereocenters. The molecule has 1 aromatic carbocycles. The second-order valence-corrected chi connectivity index (χ2v) is 5.12. The maximum absolute atomic E-state index is 10.1. The van der Waals surface area contributed by atoms with Gasteiger partial charge in [-0.1, -0.05) is 12.1 Å². The number of morpholine rings is 1. The minimum absolute atomic E-state index is 0.263. The molecule has 4 heteroatoms. The van der Waals surface area contributed by atoms with Gasteiger partial charge in [0, 0.05) is 25.2 Å². The number of para-hydroxylation sites is 1. The van der Waals surface area contributed by atoms with E-state index in [1.165, 1.54) is 12.8 Å². The topological polar surface area (TPSA) is 41.9 Å². The van der Waals surface area contributed by atoms with Crippen molar-refractivity contribution in [3.05, 3.63) is 23.8 Å². The van der Waals surface area contributed by atoms with E-state index in [0.717, 1.165) is 25.2 Å². The molecule has 0 spiro atoms. The number of ether oxygens (including phenoxy) is 2. The first-order valence-corrected chi connectivity index (χ1v) is 6.49. The van der Waals surface area contributed by atoms with Crippen LogP contribution < -0.4 is 4.74 Å². The van der Waals surface area contributed by atoms with Crippen molar-refractivity contribution in [1.29, 1.82) is 0 Å². The predicted octanol–water partition coefficient (Wildman–Crippen LogP) is 1.76. The van der Waals surface area contributed by atoms with Crippen LogP contribution in [0.5, 0.6) is 11.5 Å². The molecule has 0 amide bonds. The van der Waals surface area contributed by atoms with Gasteiger partial charge in [0.05, 0.1) is 19.3 Å².